The number of nitrogens with one attached hydrogen (secondary N) is 2. The molecule has 2 N–H and O–H groups in total. The summed E-state index contributed by atoms with van der Waals surface area (Å²) >= 11 is 7.42. The van der Waals surface area contributed by atoms with Crippen molar-refractivity contribution in [2.75, 3.05) is 11.1 Å². The van der Waals surface area contributed by atoms with Crippen LogP contribution >= 0.6 is 23.4 Å². The number of anilines is 1. The van der Waals surface area contributed by atoms with Gasteiger partial charge in [-0.25, -0.2) is 4.39 Å². The van der Waals surface area contributed by atoms with Gasteiger partial charge in [0.1, 0.15) is 11.6 Å². The number of halogens is 2. The highest BCUT2D eigenvalue weighted by molar-refractivity contribution is 8.00. The molecule has 1 aromatic heterocycles. The van der Waals surface area contributed by atoms with Crippen LogP contribution in [0, 0.1) is 5.82 Å². The molecule has 1 amide bonds. The Bertz CT molecular complexity index is 625. The Hall–Kier alpha value is -1.53. The minimum absolute atomic E-state index is 0.148. The van der Waals surface area contributed by atoms with Crippen LogP contribution in [-0.4, -0.2) is 21.9 Å². The second-order valence-corrected chi connectivity index (χ2v) is 5.58. The number of carbonyl (C=O) groups excluding carboxylic acids is 1. The molecule has 2 aromatic rings. The lowest BCUT2D eigenvalue weighted by Gasteiger charge is -2.16. The van der Waals surface area contributed by atoms with E-state index in [0.29, 0.717) is 16.4 Å². The van der Waals surface area contributed by atoms with Gasteiger partial charge in [-0.1, -0.05) is 17.7 Å². The van der Waals surface area contributed by atoms with Crippen molar-refractivity contribution in [3.8, 4) is 0 Å². The Kier molecular flexibility index (Phi) is 3.20. The highest BCUT2D eigenvalue weighted by Gasteiger charge is 2.29. The van der Waals surface area contributed by atoms with Crippen LogP contribution in [0.25, 0.3) is 0 Å². The highest BCUT2D eigenvalue weighted by atomic mass is 35.5. The van der Waals surface area contributed by atoms with Crippen molar-refractivity contribution in [1.82, 2.24) is 10.2 Å². The number of rotatable bonds is 1. The van der Waals surface area contributed by atoms with Crippen LogP contribution in [0.5, 0.6) is 0 Å². The van der Waals surface area contributed by atoms with Gasteiger partial charge in [0.05, 0.1) is 17.2 Å². The Labute approximate surface area is 117 Å². The number of fused-ring (bicyclic) bond motifs is 1. The number of benzene rings is 1. The minimum Gasteiger partial charge on any atom is -0.310 e. The lowest BCUT2D eigenvalue weighted by atomic mass is 10.1. The molecule has 7 heteroatoms. The van der Waals surface area contributed by atoms with Gasteiger partial charge in [-0.15, -0.1) is 11.8 Å². The van der Waals surface area contributed by atoms with Gasteiger partial charge in [0.25, 0.3) is 0 Å². The van der Waals surface area contributed by atoms with E-state index in [0.717, 1.165) is 5.56 Å². The standard InChI is InChI=1S/C12H9ClFN3OS/c13-7-2-1-3-8(14)10(7)11-6-4-15-17-12(6)16-9(18)5-19-11/h1-4,11H,5H2,(H2,15,16,17,18)/t11-/m1/s1. The maximum atomic E-state index is 14.0. The van der Waals surface area contributed by atoms with Crippen molar-refractivity contribution in [3.63, 3.8) is 0 Å². The zero-order chi connectivity index (χ0) is 13.4. The van der Waals surface area contributed by atoms with Crippen LogP contribution in [-0.2, 0) is 4.79 Å². The van der Waals surface area contributed by atoms with Crippen molar-refractivity contribution in [2.45, 2.75) is 5.25 Å². The molecule has 19 heavy (non-hydrogen) atoms. The van der Waals surface area contributed by atoms with Crippen LogP contribution < -0.4 is 5.32 Å². The van der Waals surface area contributed by atoms with Gasteiger partial charge in [0.2, 0.25) is 5.91 Å². The summed E-state index contributed by atoms with van der Waals surface area (Å²) in [7, 11) is 0. The molecule has 1 aliphatic rings. The smallest absolute Gasteiger partial charge is 0.235 e. The normalized spacial score (nSPS) is 18.6. The SMILES string of the molecule is O=C1CS[C@@H](c2c(F)cccc2Cl)c2cn[nH]c2N1. The maximum Gasteiger partial charge on any atom is 0.235 e. The summed E-state index contributed by atoms with van der Waals surface area (Å²) in [5, 5.41) is 9.29. The molecule has 0 fully saturated rings. The van der Waals surface area contributed by atoms with Gasteiger partial charge >= 0.3 is 0 Å². The van der Waals surface area contributed by atoms with E-state index in [9.17, 15) is 9.18 Å². The van der Waals surface area contributed by atoms with Crippen LogP contribution in [0.2, 0.25) is 5.02 Å². The number of thioether (sulfide) groups is 1. The van der Waals surface area contributed by atoms with E-state index in [1.54, 1.807) is 18.3 Å². The van der Waals surface area contributed by atoms with Gasteiger partial charge in [-0.3, -0.25) is 9.89 Å². The first-order valence-electron chi connectivity index (χ1n) is 5.55. The second-order valence-electron chi connectivity index (χ2n) is 4.07. The molecule has 1 aliphatic heterocycles. The molecular formula is C12H9ClFN3OS. The summed E-state index contributed by atoms with van der Waals surface area (Å²) in [6, 6.07) is 4.56. The molecule has 0 spiro atoms. The first-order valence-corrected chi connectivity index (χ1v) is 6.98. The van der Waals surface area contributed by atoms with Gasteiger partial charge in [-0.05, 0) is 12.1 Å². The molecule has 4 nitrogen and oxygen atoms in total. The van der Waals surface area contributed by atoms with Crippen molar-refractivity contribution >= 4 is 35.1 Å². The Morgan fingerprint density at radius 3 is 3.11 bits per heavy atom. The van der Waals surface area contributed by atoms with Crippen LogP contribution in [0.4, 0.5) is 10.2 Å². The van der Waals surface area contributed by atoms with E-state index in [4.69, 9.17) is 11.6 Å². The van der Waals surface area contributed by atoms with E-state index < -0.39 is 0 Å². The molecule has 2 heterocycles. The number of amides is 1. The lowest BCUT2D eigenvalue weighted by Crippen LogP contribution is -2.12. The number of hydrogen-bond acceptors (Lipinski definition) is 3. The molecule has 0 saturated carbocycles. The first-order chi connectivity index (χ1) is 9.16. The third-order valence-corrected chi connectivity index (χ3v) is 4.44. The van der Waals surface area contributed by atoms with E-state index in [-0.39, 0.29) is 22.7 Å². The Morgan fingerprint density at radius 1 is 1.47 bits per heavy atom. The summed E-state index contributed by atoms with van der Waals surface area (Å²) in [5.41, 5.74) is 1.11. The second kappa shape index (κ2) is 4.86. The topological polar surface area (TPSA) is 57.8 Å². The largest absolute Gasteiger partial charge is 0.310 e. The van der Waals surface area contributed by atoms with E-state index in [1.807, 2.05) is 0 Å². The quantitative estimate of drug-likeness (QED) is 0.851. The molecule has 3 rings (SSSR count). The lowest BCUT2D eigenvalue weighted by molar-refractivity contribution is -0.113. The number of H-pyrrole nitrogens is 1. The van der Waals surface area contributed by atoms with E-state index in [2.05, 4.69) is 15.5 Å². The molecule has 0 aliphatic carbocycles. The predicted octanol–water partition coefficient (Wildman–Crippen LogP) is 2.98. The summed E-state index contributed by atoms with van der Waals surface area (Å²) in [6.07, 6.45) is 1.58. The van der Waals surface area contributed by atoms with Crippen molar-refractivity contribution in [1.29, 1.82) is 0 Å². The molecule has 1 atom stereocenters. The highest BCUT2D eigenvalue weighted by Crippen LogP contribution is 2.43. The molecule has 0 radical (unpaired) electrons. The van der Waals surface area contributed by atoms with Crippen molar-refractivity contribution < 1.29 is 9.18 Å². The first kappa shape index (κ1) is 12.5. The number of aromatic amines is 1. The summed E-state index contributed by atoms with van der Waals surface area (Å²) < 4.78 is 14.0. The summed E-state index contributed by atoms with van der Waals surface area (Å²) in [6.45, 7) is 0. The average molecular weight is 298 g/mol. The fourth-order valence-corrected chi connectivity index (χ4v) is 3.51. The summed E-state index contributed by atoms with van der Waals surface area (Å²) in [4.78, 5) is 11.6. The Morgan fingerprint density at radius 2 is 2.32 bits per heavy atom. The maximum absolute atomic E-state index is 14.0. The average Bonchev–Trinajstić information content (AvgIpc) is 2.75. The number of hydrogen-bond donors (Lipinski definition) is 2. The molecule has 0 unspecified atom stereocenters. The molecular weight excluding hydrogens is 289 g/mol. The fourth-order valence-electron chi connectivity index (χ4n) is 2.02. The van der Waals surface area contributed by atoms with Crippen LogP contribution in [0.1, 0.15) is 16.4 Å². The Balaban J connectivity index is 2.13. The fraction of sp³-hybridized carbons (Fsp3) is 0.167. The number of nitrogens with zero attached hydrogens (tertiary/aromatic N) is 1. The van der Waals surface area contributed by atoms with Crippen LogP contribution in [0.3, 0.4) is 0 Å². The van der Waals surface area contributed by atoms with Gasteiger partial charge < -0.3 is 5.32 Å². The molecule has 1 aromatic carbocycles. The van der Waals surface area contributed by atoms with Crippen molar-refractivity contribution in [3.05, 3.63) is 46.4 Å². The monoisotopic (exact) mass is 297 g/mol. The zero-order valence-electron chi connectivity index (χ0n) is 9.61. The number of carbonyl (C=O) groups is 1. The summed E-state index contributed by atoms with van der Waals surface area (Å²) in [5.74, 6) is 0.203. The van der Waals surface area contributed by atoms with Gasteiger partial charge in [0.15, 0.2) is 0 Å². The van der Waals surface area contributed by atoms with Gasteiger partial charge in [0, 0.05) is 16.1 Å². The van der Waals surface area contributed by atoms with Crippen molar-refractivity contribution in [2.24, 2.45) is 0 Å². The minimum atomic E-state index is -0.383. The third-order valence-electron chi connectivity index (χ3n) is 2.86. The number of aromatic nitrogens is 2. The molecule has 0 bridgehead atoms. The molecule has 98 valence electrons. The predicted molar refractivity (Wildman–Crippen MR) is 72.9 cm³/mol. The van der Waals surface area contributed by atoms with E-state index in [1.165, 1.54) is 17.8 Å². The van der Waals surface area contributed by atoms with Crippen LogP contribution in [0.15, 0.2) is 24.4 Å². The van der Waals surface area contributed by atoms with Gasteiger partial charge in [-0.2, -0.15) is 5.10 Å². The van der Waals surface area contributed by atoms with E-state index >= 15 is 0 Å². The zero-order valence-corrected chi connectivity index (χ0v) is 11.2. The third kappa shape index (κ3) is 2.21. The molecule has 0 saturated heterocycles.